The highest BCUT2D eigenvalue weighted by Gasteiger charge is 2.30. The Bertz CT molecular complexity index is 641. The Labute approximate surface area is 137 Å². The van der Waals surface area contributed by atoms with Crippen LogP contribution < -0.4 is 4.90 Å². The summed E-state index contributed by atoms with van der Waals surface area (Å²) in [6.07, 6.45) is 2.71. The van der Waals surface area contributed by atoms with E-state index in [0.717, 1.165) is 43.5 Å². The van der Waals surface area contributed by atoms with E-state index >= 15 is 0 Å². The quantitative estimate of drug-likeness (QED) is 0.868. The van der Waals surface area contributed by atoms with Crippen LogP contribution in [0.15, 0.2) is 28.7 Å². The standard InChI is InChI=1S/C18H25N3O2/c1-4-13(2)20(3)17(22)14-9-11-21(12-10-14)18-19-15-7-5-6-8-16(15)23-18/h5-8,13-14H,4,9-12H2,1-3H3. The number of hydrogen-bond donors (Lipinski definition) is 0. The van der Waals surface area contributed by atoms with Gasteiger partial charge in [0.25, 0.3) is 6.01 Å². The smallest absolute Gasteiger partial charge is 0.298 e. The number of carbonyl (C=O) groups excluding carboxylic acids is 1. The Hall–Kier alpha value is -2.04. The lowest BCUT2D eigenvalue weighted by atomic mass is 9.95. The maximum absolute atomic E-state index is 12.6. The summed E-state index contributed by atoms with van der Waals surface area (Å²) >= 11 is 0. The van der Waals surface area contributed by atoms with Gasteiger partial charge in [0.2, 0.25) is 5.91 Å². The van der Waals surface area contributed by atoms with Gasteiger partial charge in [-0.3, -0.25) is 4.79 Å². The highest BCUT2D eigenvalue weighted by Crippen LogP contribution is 2.27. The molecular weight excluding hydrogens is 290 g/mol. The summed E-state index contributed by atoms with van der Waals surface area (Å²) in [5, 5.41) is 0. The van der Waals surface area contributed by atoms with Gasteiger partial charge in [-0.2, -0.15) is 4.98 Å². The molecule has 2 heterocycles. The average Bonchev–Trinajstić information content (AvgIpc) is 3.04. The van der Waals surface area contributed by atoms with E-state index in [2.05, 4.69) is 23.7 Å². The van der Waals surface area contributed by atoms with Crippen LogP contribution in [0, 0.1) is 5.92 Å². The minimum atomic E-state index is 0.120. The largest absolute Gasteiger partial charge is 0.423 e. The van der Waals surface area contributed by atoms with Crippen molar-refractivity contribution in [2.24, 2.45) is 5.92 Å². The van der Waals surface area contributed by atoms with Crippen molar-refractivity contribution in [3.63, 3.8) is 0 Å². The van der Waals surface area contributed by atoms with Crippen molar-refractivity contribution in [1.29, 1.82) is 0 Å². The molecule has 3 rings (SSSR count). The van der Waals surface area contributed by atoms with Gasteiger partial charge in [-0.1, -0.05) is 19.1 Å². The molecule has 1 aliphatic heterocycles. The Balaban J connectivity index is 1.63. The average molecular weight is 315 g/mol. The van der Waals surface area contributed by atoms with Gasteiger partial charge >= 0.3 is 0 Å². The number of aromatic nitrogens is 1. The van der Waals surface area contributed by atoms with Crippen LogP contribution in [0.5, 0.6) is 0 Å². The molecule has 0 spiro atoms. The second-order valence-electron chi connectivity index (χ2n) is 6.43. The van der Waals surface area contributed by atoms with Gasteiger partial charge in [-0.25, -0.2) is 0 Å². The third kappa shape index (κ3) is 3.19. The molecule has 1 unspecified atom stereocenters. The van der Waals surface area contributed by atoms with Gasteiger partial charge < -0.3 is 14.2 Å². The normalized spacial score (nSPS) is 17.4. The molecule has 23 heavy (non-hydrogen) atoms. The van der Waals surface area contributed by atoms with Crippen molar-refractivity contribution >= 4 is 23.0 Å². The highest BCUT2D eigenvalue weighted by molar-refractivity contribution is 5.79. The Kier molecular flexibility index (Phi) is 4.55. The second-order valence-corrected chi connectivity index (χ2v) is 6.43. The topological polar surface area (TPSA) is 49.6 Å². The lowest BCUT2D eigenvalue weighted by Crippen LogP contribution is -2.44. The van der Waals surface area contributed by atoms with Gasteiger partial charge in [-0.05, 0) is 38.3 Å². The lowest BCUT2D eigenvalue weighted by molar-refractivity contribution is -0.136. The molecule has 0 aliphatic carbocycles. The highest BCUT2D eigenvalue weighted by atomic mass is 16.4. The molecule has 1 saturated heterocycles. The van der Waals surface area contributed by atoms with E-state index in [-0.39, 0.29) is 11.8 Å². The molecule has 0 N–H and O–H groups in total. The predicted octanol–water partition coefficient (Wildman–Crippen LogP) is 3.30. The van der Waals surface area contributed by atoms with Gasteiger partial charge in [0.05, 0.1) is 0 Å². The van der Waals surface area contributed by atoms with Crippen LogP contribution in [0.2, 0.25) is 0 Å². The van der Waals surface area contributed by atoms with Gasteiger partial charge in [-0.15, -0.1) is 0 Å². The van der Waals surface area contributed by atoms with E-state index < -0.39 is 0 Å². The Morgan fingerprint density at radius 1 is 1.39 bits per heavy atom. The van der Waals surface area contributed by atoms with Crippen LogP contribution in [0.1, 0.15) is 33.1 Å². The number of oxazole rings is 1. The van der Waals surface area contributed by atoms with Gasteiger partial charge in [0.1, 0.15) is 5.52 Å². The summed E-state index contributed by atoms with van der Waals surface area (Å²) in [5.41, 5.74) is 1.70. The number of benzene rings is 1. The number of rotatable bonds is 4. The number of hydrogen-bond acceptors (Lipinski definition) is 4. The van der Waals surface area contributed by atoms with Crippen LogP contribution in [0.25, 0.3) is 11.1 Å². The second kappa shape index (κ2) is 6.60. The molecule has 1 amide bonds. The van der Waals surface area contributed by atoms with E-state index in [4.69, 9.17) is 4.42 Å². The molecule has 1 fully saturated rings. The fourth-order valence-corrected chi connectivity index (χ4v) is 3.09. The van der Waals surface area contributed by atoms with Crippen molar-refractivity contribution in [2.75, 3.05) is 25.0 Å². The van der Waals surface area contributed by atoms with E-state index in [1.54, 1.807) is 0 Å². The molecule has 5 nitrogen and oxygen atoms in total. The maximum atomic E-state index is 12.6. The number of para-hydroxylation sites is 2. The van der Waals surface area contributed by atoms with Crippen molar-refractivity contribution < 1.29 is 9.21 Å². The van der Waals surface area contributed by atoms with Crippen LogP contribution in [-0.4, -0.2) is 42.0 Å². The van der Waals surface area contributed by atoms with Crippen molar-refractivity contribution in [3.05, 3.63) is 24.3 Å². The number of piperidine rings is 1. The Morgan fingerprint density at radius 2 is 2.09 bits per heavy atom. The third-order valence-electron chi connectivity index (χ3n) is 5.00. The zero-order valence-electron chi connectivity index (χ0n) is 14.2. The molecule has 1 aromatic carbocycles. The van der Waals surface area contributed by atoms with Gasteiger partial charge in [0.15, 0.2) is 5.58 Å². The molecule has 1 aromatic heterocycles. The van der Waals surface area contributed by atoms with Crippen molar-refractivity contribution in [3.8, 4) is 0 Å². The molecule has 0 bridgehead atoms. The zero-order chi connectivity index (χ0) is 16.4. The number of amides is 1. The van der Waals surface area contributed by atoms with E-state index in [9.17, 15) is 4.79 Å². The fourth-order valence-electron chi connectivity index (χ4n) is 3.09. The Morgan fingerprint density at radius 3 is 2.74 bits per heavy atom. The van der Waals surface area contributed by atoms with Crippen molar-refractivity contribution in [2.45, 2.75) is 39.2 Å². The van der Waals surface area contributed by atoms with E-state index in [1.807, 2.05) is 36.2 Å². The predicted molar refractivity (Wildman–Crippen MR) is 91.5 cm³/mol. The first kappa shape index (κ1) is 15.8. The summed E-state index contributed by atoms with van der Waals surface area (Å²) in [6.45, 7) is 5.85. The first-order chi connectivity index (χ1) is 11.1. The van der Waals surface area contributed by atoms with Crippen LogP contribution in [-0.2, 0) is 4.79 Å². The lowest BCUT2D eigenvalue weighted by Gasteiger charge is -2.34. The molecule has 1 atom stereocenters. The summed E-state index contributed by atoms with van der Waals surface area (Å²) in [4.78, 5) is 21.1. The summed E-state index contributed by atoms with van der Waals surface area (Å²) < 4.78 is 5.83. The molecule has 0 saturated carbocycles. The molecule has 1 aliphatic rings. The van der Waals surface area contributed by atoms with Crippen LogP contribution >= 0.6 is 0 Å². The number of nitrogens with zero attached hydrogens (tertiary/aromatic N) is 3. The number of fused-ring (bicyclic) bond motifs is 1. The van der Waals surface area contributed by atoms with Crippen molar-refractivity contribution in [1.82, 2.24) is 9.88 Å². The summed E-state index contributed by atoms with van der Waals surface area (Å²) in [6, 6.07) is 8.78. The SMILES string of the molecule is CCC(C)N(C)C(=O)C1CCN(c2nc3ccccc3o2)CC1. The first-order valence-electron chi connectivity index (χ1n) is 8.47. The summed E-state index contributed by atoms with van der Waals surface area (Å²) in [7, 11) is 1.92. The molecule has 5 heteroatoms. The van der Waals surface area contributed by atoms with Crippen LogP contribution in [0.3, 0.4) is 0 Å². The molecule has 124 valence electrons. The third-order valence-corrected chi connectivity index (χ3v) is 5.00. The minimum absolute atomic E-state index is 0.120. The molecule has 2 aromatic rings. The zero-order valence-corrected chi connectivity index (χ0v) is 14.2. The number of carbonyl (C=O) groups is 1. The molecule has 0 radical (unpaired) electrons. The molecular formula is C18H25N3O2. The summed E-state index contributed by atoms with van der Waals surface area (Å²) in [5.74, 6) is 0.395. The number of anilines is 1. The minimum Gasteiger partial charge on any atom is -0.423 e. The van der Waals surface area contributed by atoms with Crippen LogP contribution in [0.4, 0.5) is 6.01 Å². The van der Waals surface area contributed by atoms with Gasteiger partial charge in [0, 0.05) is 32.1 Å². The fraction of sp³-hybridized carbons (Fsp3) is 0.556. The first-order valence-corrected chi connectivity index (χ1v) is 8.47. The van der Waals surface area contributed by atoms with E-state index in [0.29, 0.717) is 12.1 Å². The monoisotopic (exact) mass is 315 g/mol. The van der Waals surface area contributed by atoms with E-state index in [1.165, 1.54) is 0 Å². The maximum Gasteiger partial charge on any atom is 0.298 e.